The van der Waals surface area contributed by atoms with Crippen molar-refractivity contribution in [3.8, 4) is 5.75 Å². The summed E-state index contributed by atoms with van der Waals surface area (Å²) in [6, 6.07) is 18.1. The van der Waals surface area contributed by atoms with Gasteiger partial charge < -0.3 is 10.2 Å². The van der Waals surface area contributed by atoms with E-state index in [1.807, 2.05) is 61.5 Å². The van der Waals surface area contributed by atoms with Crippen LogP contribution in [0.5, 0.6) is 5.75 Å². The monoisotopic (exact) mass is 254 g/mol. The summed E-state index contributed by atoms with van der Waals surface area (Å²) >= 11 is 0. The molecule has 2 aromatic rings. The standard InChI is InChI=1S/C16H18N2O/c1-13(15-6-4-3-5-7-15)18-17-12-14-8-10-16(19-2)11-9-14/h3-11,17H,12H2,1-2H3. The first-order chi connectivity index (χ1) is 9.29. The van der Waals surface area contributed by atoms with Gasteiger partial charge in [0.1, 0.15) is 5.75 Å². The normalized spacial score (nSPS) is 11.2. The minimum Gasteiger partial charge on any atom is -0.497 e. The largest absolute Gasteiger partial charge is 0.497 e. The van der Waals surface area contributed by atoms with E-state index in [4.69, 9.17) is 4.74 Å². The second-order valence-corrected chi connectivity index (χ2v) is 4.25. The van der Waals surface area contributed by atoms with Crippen molar-refractivity contribution in [2.45, 2.75) is 13.5 Å². The van der Waals surface area contributed by atoms with E-state index < -0.39 is 0 Å². The average molecular weight is 254 g/mol. The summed E-state index contributed by atoms with van der Waals surface area (Å²) in [6.07, 6.45) is 0. The molecule has 3 heteroatoms. The molecule has 2 aromatic carbocycles. The van der Waals surface area contributed by atoms with Gasteiger partial charge in [-0.3, -0.25) is 0 Å². The van der Waals surface area contributed by atoms with Crippen LogP contribution in [0.4, 0.5) is 0 Å². The van der Waals surface area contributed by atoms with E-state index in [1.165, 1.54) is 5.56 Å². The third-order valence-corrected chi connectivity index (χ3v) is 2.88. The number of hydrogen-bond acceptors (Lipinski definition) is 3. The van der Waals surface area contributed by atoms with Crippen molar-refractivity contribution in [3.63, 3.8) is 0 Å². The number of ether oxygens (including phenoxy) is 1. The van der Waals surface area contributed by atoms with Crippen molar-refractivity contribution < 1.29 is 4.74 Å². The second-order valence-electron chi connectivity index (χ2n) is 4.25. The first-order valence-corrected chi connectivity index (χ1v) is 6.25. The van der Waals surface area contributed by atoms with E-state index in [0.29, 0.717) is 6.54 Å². The molecule has 3 nitrogen and oxygen atoms in total. The lowest BCUT2D eigenvalue weighted by atomic mass is 10.1. The fourth-order valence-corrected chi connectivity index (χ4v) is 1.74. The van der Waals surface area contributed by atoms with Gasteiger partial charge >= 0.3 is 0 Å². The van der Waals surface area contributed by atoms with Crippen LogP contribution in [0.15, 0.2) is 59.7 Å². The maximum Gasteiger partial charge on any atom is 0.118 e. The van der Waals surface area contributed by atoms with E-state index in [9.17, 15) is 0 Å². The topological polar surface area (TPSA) is 33.6 Å². The molecule has 0 amide bonds. The molecule has 0 aliphatic heterocycles. The van der Waals surface area contributed by atoms with Crippen molar-refractivity contribution in [1.29, 1.82) is 0 Å². The number of hydrogen-bond donors (Lipinski definition) is 1. The van der Waals surface area contributed by atoms with Crippen LogP contribution in [-0.4, -0.2) is 12.8 Å². The molecule has 0 aliphatic rings. The number of methoxy groups -OCH3 is 1. The lowest BCUT2D eigenvalue weighted by molar-refractivity contribution is 0.414. The number of hydrazone groups is 1. The number of nitrogens with zero attached hydrogens (tertiary/aromatic N) is 1. The van der Waals surface area contributed by atoms with Crippen molar-refractivity contribution in [1.82, 2.24) is 5.43 Å². The van der Waals surface area contributed by atoms with Crippen LogP contribution >= 0.6 is 0 Å². The Bertz CT molecular complexity index is 532. The Morgan fingerprint density at radius 3 is 2.37 bits per heavy atom. The Morgan fingerprint density at radius 1 is 1.05 bits per heavy atom. The number of rotatable bonds is 5. The van der Waals surface area contributed by atoms with Crippen molar-refractivity contribution in [2.75, 3.05) is 7.11 Å². The molecule has 98 valence electrons. The second kappa shape index (κ2) is 6.59. The van der Waals surface area contributed by atoms with E-state index >= 15 is 0 Å². The summed E-state index contributed by atoms with van der Waals surface area (Å²) in [6.45, 7) is 2.70. The molecule has 0 unspecified atom stereocenters. The predicted molar refractivity (Wildman–Crippen MR) is 78.5 cm³/mol. The van der Waals surface area contributed by atoms with Crippen LogP contribution < -0.4 is 10.2 Å². The van der Waals surface area contributed by atoms with Crippen LogP contribution in [0.1, 0.15) is 18.1 Å². The van der Waals surface area contributed by atoms with Crippen LogP contribution in [-0.2, 0) is 6.54 Å². The van der Waals surface area contributed by atoms with Crippen LogP contribution in [0, 0.1) is 0 Å². The third kappa shape index (κ3) is 3.85. The minimum atomic E-state index is 0.703. The molecule has 0 fully saturated rings. The summed E-state index contributed by atoms with van der Waals surface area (Å²) < 4.78 is 5.12. The molecule has 0 saturated carbocycles. The highest BCUT2D eigenvalue weighted by Crippen LogP contribution is 2.10. The van der Waals surface area contributed by atoms with E-state index in [2.05, 4.69) is 10.5 Å². The third-order valence-electron chi connectivity index (χ3n) is 2.88. The van der Waals surface area contributed by atoms with Crippen LogP contribution in [0.2, 0.25) is 0 Å². The molecule has 0 atom stereocenters. The zero-order chi connectivity index (χ0) is 13.5. The molecule has 19 heavy (non-hydrogen) atoms. The van der Waals surface area contributed by atoms with Gasteiger partial charge in [0.2, 0.25) is 0 Å². The van der Waals surface area contributed by atoms with Gasteiger partial charge in [-0.05, 0) is 30.2 Å². The Balaban J connectivity index is 1.92. The summed E-state index contributed by atoms with van der Waals surface area (Å²) in [7, 11) is 1.67. The highest BCUT2D eigenvalue weighted by Gasteiger charge is 1.96. The number of benzene rings is 2. The van der Waals surface area contributed by atoms with Crippen molar-refractivity contribution in [2.24, 2.45) is 5.10 Å². The van der Waals surface area contributed by atoms with E-state index in [-0.39, 0.29) is 0 Å². The molecule has 1 N–H and O–H groups in total. The van der Waals surface area contributed by atoms with Crippen LogP contribution in [0.25, 0.3) is 0 Å². The molecule has 0 spiro atoms. The molecule has 2 rings (SSSR count). The summed E-state index contributed by atoms with van der Waals surface area (Å²) in [5.74, 6) is 0.868. The van der Waals surface area contributed by atoms with Gasteiger partial charge in [-0.2, -0.15) is 5.10 Å². The van der Waals surface area contributed by atoms with Crippen molar-refractivity contribution in [3.05, 3.63) is 65.7 Å². The summed E-state index contributed by atoms with van der Waals surface area (Å²) in [5.41, 5.74) is 6.37. The molecule has 0 saturated heterocycles. The minimum absolute atomic E-state index is 0.703. The van der Waals surface area contributed by atoms with Crippen LogP contribution in [0.3, 0.4) is 0 Å². The van der Waals surface area contributed by atoms with Gasteiger partial charge in [-0.15, -0.1) is 0 Å². The predicted octanol–water partition coefficient (Wildman–Crippen LogP) is 3.21. The average Bonchev–Trinajstić information content (AvgIpc) is 2.49. The highest BCUT2D eigenvalue weighted by molar-refractivity contribution is 5.98. The van der Waals surface area contributed by atoms with E-state index in [0.717, 1.165) is 17.0 Å². The Morgan fingerprint density at radius 2 is 1.74 bits per heavy atom. The smallest absolute Gasteiger partial charge is 0.118 e. The van der Waals surface area contributed by atoms with Gasteiger partial charge in [-0.25, -0.2) is 0 Å². The first-order valence-electron chi connectivity index (χ1n) is 6.25. The number of nitrogens with one attached hydrogen (secondary N) is 1. The van der Waals surface area contributed by atoms with Gasteiger partial charge in [0, 0.05) is 0 Å². The maximum atomic E-state index is 5.12. The molecule has 0 radical (unpaired) electrons. The summed E-state index contributed by atoms with van der Waals surface area (Å²) in [4.78, 5) is 0. The van der Waals surface area contributed by atoms with Gasteiger partial charge in [0.15, 0.2) is 0 Å². The van der Waals surface area contributed by atoms with Gasteiger partial charge in [-0.1, -0.05) is 42.5 Å². The fraction of sp³-hybridized carbons (Fsp3) is 0.188. The molecule has 0 aliphatic carbocycles. The molecule has 0 aromatic heterocycles. The van der Waals surface area contributed by atoms with Gasteiger partial charge in [0.25, 0.3) is 0 Å². The lowest BCUT2D eigenvalue weighted by Crippen LogP contribution is -2.09. The zero-order valence-corrected chi connectivity index (χ0v) is 11.3. The zero-order valence-electron chi connectivity index (χ0n) is 11.3. The molecule has 0 bridgehead atoms. The highest BCUT2D eigenvalue weighted by atomic mass is 16.5. The lowest BCUT2D eigenvalue weighted by Gasteiger charge is -2.05. The molecule has 0 heterocycles. The maximum absolute atomic E-state index is 5.12. The molecular formula is C16H18N2O. The quantitative estimate of drug-likeness (QED) is 0.656. The summed E-state index contributed by atoms with van der Waals surface area (Å²) in [5, 5.41) is 4.37. The fourth-order valence-electron chi connectivity index (χ4n) is 1.74. The Kier molecular flexibility index (Phi) is 4.56. The SMILES string of the molecule is COc1ccc(CNN=C(C)c2ccccc2)cc1. The Labute approximate surface area is 113 Å². The van der Waals surface area contributed by atoms with E-state index in [1.54, 1.807) is 7.11 Å². The molecular weight excluding hydrogens is 236 g/mol. The first kappa shape index (κ1) is 13.1. The van der Waals surface area contributed by atoms with Gasteiger partial charge in [0.05, 0.1) is 19.4 Å². The van der Waals surface area contributed by atoms with Crippen molar-refractivity contribution >= 4 is 5.71 Å². The Hall–Kier alpha value is -2.29.